The molecule has 5 rings (SSSR count). The van der Waals surface area contributed by atoms with Crippen LogP contribution in [0.1, 0.15) is 70.1 Å². The molecule has 13 nitrogen and oxygen atoms in total. The molecule has 2 aliphatic heterocycles. The number of carboxylic acid groups (broad SMARTS) is 1. The summed E-state index contributed by atoms with van der Waals surface area (Å²) in [5, 5.41) is 21.7. The molecule has 3 fully saturated rings. The van der Waals surface area contributed by atoms with Gasteiger partial charge in [0, 0.05) is 29.6 Å². The molecule has 2 saturated heterocycles. The quantitative estimate of drug-likeness (QED) is 0.275. The van der Waals surface area contributed by atoms with Crippen molar-refractivity contribution in [3.63, 3.8) is 0 Å². The minimum Gasteiger partial charge on any atom is -0.481 e. The summed E-state index contributed by atoms with van der Waals surface area (Å²) >= 11 is 0. The second-order valence-corrected chi connectivity index (χ2v) is 13.1. The molecule has 13 heteroatoms. The maximum atomic E-state index is 14.0. The molecular weight excluding hydrogens is 592 g/mol. The Bertz CT molecular complexity index is 1510. The summed E-state index contributed by atoms with van der Waals surface area (Å²) in [7, 11) is 0. The fourth-order valence-electron chi connectivity index (χ4n) is 7.14. The number of carbonyl (C=O) groups is 6. The first-order valence-corrected chi connectivity index (χ1v) is 16.2. The Balaban J connectivity index is 1.55. The zero-order chi connectivity index (χ0) is 33.1. The molecule has 2 aromatic rings. The predicted octanol–water partition coefficient (Wildman–Crippen LogP) is 1.28. The molecule has 5 amide bonds. The maximum absolute atomic E-state index is 14.0. The molecule has 6 N–H and O–H groups in total. The van der Waals surface area contributed by atoms with Crippen LogP contribution in [-0.2, 0) is 35.2 Å². The van der Waals surface area contributed by atoms with Crippen LogP contribution in [0.25, 0.3) is 10.9 Å². The van der Waals surface area contributed by atoms with Crippen molar-refractivity contribution in [2.75, 3.05) is 6.54 Å². The topological polar surface area (TPSA) is 190 Å². The fraction of sp³-hybridized carbons (Fsp3) is 0.576. The van der Waals surface area contributed by atoms with Gasteiger partial charge in [-0.15, -0.1) is 0 Å². The lowest BCUT2D eigenvalue weighted by Crippen LogP contribution is -2.60. The first-order valence-electron chi connectivity index (χ1n) is 16.2. The van der Waals surface area contributed by atoms with Gasteiger partial charge >= 0.3 is 5.97 Å². The Labute approximate surface area is 267 Å². The van der Waals surface area contributed by atoms with E-state index in [1.807, 2.05) is 31.2 Å². The van der Waals surface area contributed by atoms with E-state index in [2.05, 4.69) is 26.3 Å². The number of carbonyl (C=O) groups excluding carboxylic acids is 5. The van der Waals surface area contributed by atoms with E-state index in [-0.39, 0.29) is 24.8 Å². The summed E-state index contributed by atoms with van der Waals surface area (Å²) in [6, 6.07) is 1.99. The molecule has 0 unspecified atom stereocenters. The first kappa shape index (κ1) is 33.0. The van der Waals surface area contributed by atoms with Gasteiger partial charge in [0.05, 0.1) is 6.42 Å². The van der Waals surface area contributed by atoms with Gasteiger partial charge in [-0.25, -0.2) is 0 Å². The van der Waals surface area contributed by atoms with Crippen LogP contribution in [0, 0.1) is 18.8 Å². The number of fused-ring (bicyclic) bond motifs is 2. The van der Waals surface area contributed by atoms with E-state index < -0.39 is 72.1 Å². The molecule has 3 aliphatic rings. The first-order chi connectivity index (χ1) is 21.9. The van der Waals surface area contributed by atoms with E-state index in [0.717, 1.165) is 47.8 Å². The standard InChI is InChI=1S/C33H44N6O7/c1-17(2)27-31(44)35-23(15-21-18(3)34-22-12-7-6-11-20(21)22)29(42)36-24(16-26(40)41)33(46)39-14-8-13-25(39)30(43)38-28(32(45)37-27)19-9-4-5-10-19/h6-7,11-12,17,19,23-25,27-28,34H,4-5,8-10,13-16H2,1-3H3,(H,35,44)(H,36,42)(H,37,45)(H,38,43)(H,40,41)/t23-,24+,25-,27+,28-/m0/s1. The largest absolute Gasteiger partial charge is 0.481 e. The predicted molar refractivity (Wildman–Crippen MR) is 168 cm³/mol. The summed E-state index contributed by atoms with van der Waals surface area (Å²) in [6.07, 6.45) is 3.45. The Morgan fingerprint density at radius 3 is 2.26 bits per heavy atom. The van der Waals surface area contributed by atoms with E-state index in [1.165, 1.54) is 4.90 Å². The summed E-state index contributed by atoms with van der Waals surface area (Å²) < 4.78 is 0. The number of nitrogens with zero attached hydrogens (tertiary/aromatic N) is 1. The molecule has 0 bridgehead atoms. The van der Waals surface area contributed by atoms with Crippen LogP contribution < -0.4 is 21.3 Å². The zero-order valence-corrected chi connectivity index (χ0v) is 26.6. The zero-order valence-electron chi connectivity index (χ0n) is 26.6. The SMILES string of the molecule is Cc1[nH]c2ccccc2c1C[C@@H]1NC(=O)[C@@H](C(C)C)NC(=O)[C@H](C2CCCC2)NC(=O)[C@@H]2CCCN2C(=O)[C@@H](CC(=O)O)NC1=O. The average Bonchev–Trinajstić information content (AvgIpc) is 3.77. The number of hydrogen-bond donors (Lipinski definition) is 6. The molecule has 1 aliphatic carbocycles. The Morgan fingerprint density at radius 2 is 1.57 bits per heavy atom. The molecule has 248 valence electrons. The number of amides is 5. The van der Waals surface area contributed by atoms with Crippen molar-refractivity contribution in [1.29, 1.82) is 0 Å². The summed E-state index contributed by atoms with van der Waals surface area (Å²) in [4.78, 5) is 85.7. The monoisotopic (exact) mass is 636 g/mol. The van der Waals surface area contributed by atoms with Crippen molar-refractivity contribution in [3.05, 3.63) is 35.5 Å². The molecule has 0 spiro atoms. The maximum Gasteiger partial charge on any atom is 0.305 e. The summed E-state index contributed by atoms with van der Waals surface area (Å²) in [5.41, 5.74) is 2.41. The lowest BCUT2D eigenvalue weighted by Gasteiger charge is -2.31. The highest BCUT2D eigenvalue weighted by molar-refractivity contribution is 5.99. The third kappa shape index (κ3) is 7.02. The van der Waals surface area contributed by atoms with Crippen LogP contribution in [0.2, 0.25) is 0 Å². The number of H-pyrrole nitrogens is 1. The van der Waals surface area contributed by atoms with Crippen LogP contribution in [0.15, 0.2) is 24.3 Å². The highest BCUT2D eigenvalue weighted by Gasteiger charge is 2.43. The molecule has 3 heterocycles. The minimum absolute atomic E-state index is 0.0389. The van der Waals surface area contributed by atoms with Gasteiger partial charge < -0.3 is 36.3 Å². The number of aromatic amines is 1. The lowest BCUT2D eigenvalue weighted by molar-refractivity contribution is -0.146. The van der Waals surface area contributed by atoms with Crippen molar-refractivity contribution in [2.24, 2.45) is 11.8 Å². The van der Waals surface area contributed by atoms with Gasteiger partial charge in [0.2, 0.25) is 29.5 Å². The normalized spacial score (nSPS) is 27.1. The second kappa shape index (κ2) is 13.9. The van der Waals surface area contributed by atoms with Crippen LogP contribution in [-0.4, -0.2) is 87.2 Å². The third-order valence-corrected chi connectivity index (χ3v) is 9.60. The Morgan fingerprint density at radius 1 is 0.870 bits per heavy atom. The molecule has 1 aromatic carbocycles. The smallest absolute Gasteiger partial charge is 0.305 e. The van der Waals surface area contributed by atoms with Gasteiger partial charge in [-0.1, -0.05) is 44.9 Å². The highest BCUT2D eigenvalue weighted by Crippen LogP contribution is 2.29. The second-order valence-electron chi connectivity index (χ2n) is 13.1. The highest BCUT2D eigenvalue weighted by atomic mass is 16.4. The van der Waals surface area contributed by atoms with Gasteiger partial charge in [0.15, 0.2) is 0 Å². The van der Waals surface area contributed by atoms with Crippen LogP contribution >= 0.6 is 0 Å². The lowest BCUT2D eigenvalue weighted by atomic mass is 9.95. The van der Waals surface area contributed by atoms with Gasteiger partial charge in [0.25, 0.3) is 0 Å². The summed E-state index contributed by atoms with van der Waals surface area (Å²) in [5.74, 6) is -4.85. The number of nitrogens with one attached hydrogen (secondary N) is 5. The van der Waals surface area contributed by atoms with Crippen molar-refractivity contribution in [1.82, 2.24) is 31.2 Å². The van der Waals surface area contributed by atoms with E-state index >= 15 is 0 Å². The van der Waals surface area contributed by atoms with Gasteiger partial charge in [-0.2, -0.15) is 0 Å². The van der Waals surface area contributed by atoms with Gasteiger partial charge in [0.1, 0.15) is 30.2 Å². The molecule has 5 atom stereocenters. The minimum atomic E-state index is -1.47. The molecule has 1 saturated carbocycles. The van der Waals surface area contributed by atoms with Crippen LogP contribution in [0.5, 0.6) is 0 Å². The van der Waals surface area contributed by atoms with Crippen molar-refractivity contribution >= 4 is 46.4 Å². The Hall–Kier alpha value is -4.42. The number of benzene rings is 1. The van der Waals surface area contributed by atoms with Crippen LogP contribution in [0.3, 0.4) is 0 Å². The molecule has 1 aromatic heterocycles. The fourth-order valence-corrected chi connectivity index (χ4v) is 7.14. The summed E-state index contributed by atoms with van der Waals surface area (Å²) in [6.45, 7) is 5.61. The van der Waals surface area contributed by atoms with Crippen molar-refractivity contribution < 1.29 is 33.9 Å². The van der Waals surface area contributed by atoms with E-state index in [0.29, 0.717) is 12.8 Å². The number of aliphatic carboxylic acids is 1. The molecular formula is C33H44N6O7. The number of para-hydroxylation sites is 1. The number of carboxylic acids is 1. The van der Waals surface area contributed by atoms with Crippen molar-refractivity contribution in [2.45, 2.75) is 102 Å². The molecule has 0 radical (unpaired) electrons. The number of aryl methyl sites for hydroxylation is 1. The van der Waals surface area contributed by atoms with E-state index in [4.69, 9.17) is 0 Å². The van der Waals surface area contributed by atoms with Gasteiger partial charge in [-0.05, 0) is 56.1 Å². The van der Waals surface area contributed by atoms with E-state index in [1.54, 1.807) is 13.8 Å². The average molecular weight is 637 g/mol. The van der Waals surface area contributed by atoms with Crippen molar-refractivity contribution in [3.8, 4) is 0 Å². The van der Waals surface area contributed by atoms with E-state index in [9.17, 15) is 33.9 Å². The van der Waals surface area contributed by atoms with Crippen LogP contribution in [0.4, 0.5) is 0 Å². The third-order valence-electron chi connectivity index (χ3n) is 9.60. The Kier molecular flexibility index (Phi) is 9.97. The van der Waals surface area contributed by atoms with Gasteiger partial charge in [-0.3, -0.25) is 28.8 Å². The number of aromatic nitrogens is 1. The molecule has 46 heavy (non-hydrogen) atoms. The number of rotatable bonds is 6. The number of hydrogen-bond acceptors (Lipinski definition) is 6.